The first-order valence-corrected chi connectivity index (χ1v) is 12.9. The van der Waals surface area contributed by atoms with Crippen LogP contribution in [0.15, 0.2) is 35.7 Å². The van der Waals surface area contributed by atoms with Crippen molar-refractivity contribution in [3.8, 4) is 17.1 Å². The number of rotatable bonds is 5. The Balaban J connectivity index is 1.65. The van der Waals surface area contributed by atoms with Gasteiger partial charge in [-0.05, 0) is 62.4 Å². The van der Waals surface area contributed by atoms with E-state index in [1.165, 1.54) is 16.5 Å². The van der Waals surface area contributed by atoms with Gasteiger partial charge in [-0.1, -0.05) is 12.1 Å². The van der Waals surface area contributed by atoms with Crippen LogP contribution in [0.5, 0.6) is 5.88 Å². The van der Waals surface area contributed by atoms with Crippen LogP contribution < -0.4 is 10.1 Å². The van der Waals surface area contributed by atoms with E-state index in [-0.39, 0.29) is 18.0 Å². The fourth-order valence-electron chi connectivity index (χ4n) is 4.39. The first-order valence-electron chi connectivity index (χ1n) is 11.2. The van der Waals surface area contributed by atoms with Crippen LogP contribution in [0.25, 0.3) is 22.2 Å². The lowest BCUT2D eigenvalue weighted by Gasteiger charge is -2.25. The predicted octanol–water partition coefficient (Wildman–Crippen LogP) is 4.15. The number of hydrogen-bond acceptors (Lipinski definition) is 7. The minimum absolute atomic E-state index is 0.00165. The van der Waals surface area contributed by atoms with Crippen molar-refractivity contribution in [2.24, 2.45) is 0 Å². The van der Waals surface area contributed by atoms with Crippen molar-refractivity contribution in [3.63, 3.8) is 0 Å². The van der Waals surface area contributed by atoms with Crippen LogP contribution in [0.1, 0.15) is 36.6 Å². The molecule has 3 aromatic rings. The Labute approximate surface area is 193 Å². The molecule has 33 heavy (non-hydrogen) atoms. The zero-order valence-corrected chi connectivity index (χ0v) is 19.9. The molecule has 2 unspecified atom stereocenters. The molecule has 9 heteroatoms. The van der Waals surface area contributed by atoms with Gasteiger partial charge >= 0.3 is 0 Å². The number of ether oxygens (including phenoxy) is 2. The Hall–Kier alpha value is -2.91. The van der Waals surface area contributed by atoms with Gasteiger partial charge in [-0.15, -0.1) is 0 Å². The summed E-state index contributed by atoms with van der Waals surface area (Å²) in [5, 5.41) is 10.2. The predicted molar refractivity (Wildman–Crippen MR) is 128 cm³/mol. The van der Waals surface area contributed by atoms with Crippen molar-refractivity contribution in [3.05, 3.63) is 46.9 Å². The van der Waals surface area contributed by atoms with Crippen molar-refractivity contribution >= 4 is 26.6 Å². The van der Waals surface area contributed by atoms with Crippen molar-refractivity contribution in [2.45, 2.75) is 45.4 Å². The van der Waals surface area contributed by atoms with Gasteiger partial charge in [0.1, 0.15) is 16.7 Å². The molecule has 8 nitrogen and oxygen atoms in total. The maximum Gasteiger partial charge on any atom is 0.227 e. The summed E-state index contributed by atoms with van der Waals surface area (Å²) in [7, 11) is -1.62. The molecule has 0 amide bonds. The molecule has 2 atom stereocenters. The van der Waals surface area contributed by atoms with Gasteiger partial charge in [-0.2, -0.15) is 5.10 Å². The van der Waals surface area contributed by atoms with E-state index in [0.29, 0.717) is 18.3 Å². The van der Waals surface area contributed by atoms with Crippen LogP contribution >= 0.6 is 0 Å². The molecule has 5 rings (SSSR count). The maximum absolute atomic E-state index is 12.0. The summed E-state index contributed by atoms with van der Waals surface area (Å²) in [5.41, 5.74) is 4.88. The van der Waals surface area contributed by atoms with Crippen LogP contribution in [0.2, 0.25) is 0 Å². The minimum atomic E-state index is -3.21. The minimum Gasteiger partial charge on any atom is -0.480 e. The Morgan fingerprint density at radius 3 is 2.70 bits per heavy atom. The van der Waals surface area contributed by atoms with Gasteiger partial charge in [-0.25, -0.2) is 18.1 Å². The average molecular weight is 469 g/mol. The molecule has 0 bridgehead atoms. The largest absolute Gasteiger partial charge is 0.480 e. The van der Waals surface area contributed by atoms with Crippen LogP contribution in [0, 0.1) is 13.8 Å². The molecule has 2 aromatic heterocycles. The number of sulfone groups is 1. The number of hydrogen-bond donors (Lipinski definition) is 1. The Morgan fingerprint density at radius 2 is 2.03 bits per heavy atom. The van der Waals surface area contributed by atoms with Gasteiger partial charge in [0.15, 0.2) is 16.1 Å². The van der Waals surface area contributed by atoms with E-state index in [4.69, 9.17) is 19.6 Å². The molecule has 0 spiro atoms. The summed E-state index contributed by atoms with van der Waals surface area (Å²) in [6.07, 6.45) is 4.34. The standard InChI is InChI=1S/C24H28N4O4S/c1-15-7-8-17(12-16(15)2)19-13-20-22(24(26-19)31-3)23(25-18-9-11-33(29,30)14-18)28(27-20)21-6-4-5-10-32-21/h7-9,11-13,18,21,25H,4-6,10,14H2,1-3H3. The number of pyridine rings is 1. The lowest BCUT2D eigenvalue weighted by atomic mass is 10.0. The quantitative estimate of drug-likeness (QED) is 0.601. The van der Waals surface area contributed by atoms with Crippen LogP contribution in [0.4, 0.5) is 5.82 Å². The molecule has 1 saturated heterocycles. The van der Waals surface area contributed by atoms with E-state index < -0.39 is 9.84 Å². The van der Waals surface area contributed by atoms with E-state index in [1.807, 2.05) is 16.8 Å². The molecule has 0 radical (unpaired) electrons. The molecular weight excluding hydrogens is 440 g/mol. The van der Waals surface area contributed by atoms with E-state index >= 15 is 0 Å². The van der Waals surface area contributed by atoms with Crippen LogP contribution in [-0.4, -0.2) is 48.7 Å². The summed E-state index contributed by atoms with van der Waals surface area (Å²) in [5.74, 6) is 1.11. The van der Waals surface area contributed by atoms with Crippen molar-refractivity contribution in [1.82, 2.24) is 14.8 Å². The van der Waals surface area contributed by atoms with E-state index in [1.54, 1.807) is 13.2 Å². The highest BCUT2D eigenvalue weighted by Gasteiger charge is 2.29. The number of nitrogens with one attached hydrogen (secondary N) is 1. The van der Waals surface area contributed by atoms with E-state index in [0.717, 1.165) is 41.4 Å². The molecule has 0 saturated carbocycles. The topological polar surface area (TPSA) is 95.3 Å². The molecule has 2 aliphatic rings. The molecule has 4 heterocycles. The number of methoxy groups -OCH3 is 1. The van der Waals surface area contributed by atoms with Gasteiger partial charge in [0, 0.05) is 17.6 Å². The summed E-state index contributed by atoms with van der Waals surface area (Å²) in [6.45, 7) is 4.83. The molecule has 1 aromatic carbocycles. The lowest BCUT2D eigenvalue weighted by Crippen LogP contribution is -2.26. The zero-order chi connectivity index (χ0) is 23.2. The number of fused-ring (bicyclic) bond motifs is 1. The average Bonchev–Trinajstić information content (AvgIpc) is 3.35. The second-order valence-corrected chi connectivity index (χ2v) is 10.7. The molecular formula is C24H28N4O4S. The molecule has 1 N–H and O–H groups in total. The third-order valence-electron chi connectivity index (χ3n) is 6.32. The van der Waals surface area contributed by atoms with Crippen LogP contribution in [-0.2, 0) is 14.6 Å². The second kappa shape index (κ2) is 8.46. The summed E-state index contributed by atoms with van der Waals surface area (Å²) < 4.78 is 37.5. The Kier molecular flexibility index (Phi) is 5.62. The van der Waals surface area contributed by atoms with Gasteiger partial charge in [-0.3, -0.25) is 0 Å². The Bertz CT molecular complexity index is 1340. The summed E-state index contributed by atoms with van der Waals surface area (Å²) >= 11 is 0. The third kappa shape index (κ3) is 4.22. The fraction of sp³-hybridized carbons (Fsp3) is 0.417. The first-order chi connectivity index (χ1) is 15.8. The number of anilines is 1. The SMILES string of the molecule is COc1nc(-c2ccc(C)c(C)c2)cc2nn(C3CCCCO3)c(NC3C=CS(=O)(=O)C3)c12. The summed E-state index contributed by atoms with van der Waals surface area (Å²) in [6, 6.07) is 7.83. The number of nitrogens with zero attached hydrogens (tertiary/aromatic N) is 3. The Morgan fingerprint density at radius 1 is 1.18 bits per heavy atom. The number of aromatic nitrogens is 3. The van der Waals surface area contributed by atoms with Crippen LogP contribution in [0.3, 0.4) is 0 Å². The highest BCUT2D eigenvalue weighted by atomic mass is 32.2. The van der Waals surface area contributed by atoms with Crippen molar-refractivity contribution < 1.29 is 17.9 Å². The lowest BCUT2D eigenvalue weighted by molar-refractivity contribution is -0.0377. The van der Waals surface area contributed by atoms with Crippen molar-refractivity contribution in [2.75, 3.05) is 24.8 Å². The highest BCUT2D eigenvalue weighted by Crippen LogP contribution is 2.38. The molecule has 0 aliphatic carbocycles. The number of benzene rings is 1. The maximum atomic E-state index is 12.0. The summed E-state index contributed by atoms with van der Waals surface area (Å²) in [4.78, 5) is 4.79. The second-order valence-electron chi connectivity index (χ2n) is 8.73. The zero-order valence-electron chi connectivity index (χ0n) is 19.0. The monoisotopic (exact) mass is 468 g/mol. The normalized spacial score (nSPS) is 22.0. The highest BCUT2D eigenvalue weighted by molar-refractivity contribution is 7.94. The van der Waals surface area contributed by atoms with E-state index in [2.05, 4.69) is 31.3 Å². The van der Waals surface area contributed by atoms with E-state index in [9.17, 15) is 8.42 Å². The van der Waals surface area contributed by atoms with Crippen molar-refractivity contribution in [1.29, 1.82) is 0 Å². The smallest absolute Gasteiger partial charge is 0.227 e. The van der Waals surface area contributed by atoms with Gasteiger partial charge < -0.3 is 14.8 Å². The molecule has 1 fully saturated rings. The molecule has 2 aliphatic heterocycles. The number of aryl methyl sites for hydroxylation is 2. The van der Waals surface area contributed by atoms with Gasteiger partial charge in [0.05, 0.1) is 24.6 Å². The van der Waals surface area contributed by atoms with Gasteiger partial charge in [0.2, 0.25) is 5.88 Å². The van der Waals surface area contributed by atoms with Gasteiger partial charge in [0.25, 0.3) is 0 Å². The molecule has 174 valence electrons. The third-order valence-corrected chi connectivity index (χ3v) is 7.72. The first kappa shape index (κ1) is 21.9. The fourth-order valence-corrected chi connectivity index (χ4v) is 5.63.